The summed E-state index contributed by atoms with van der Waals surface area (Å²) in [6.45, 7) is 4.07. The molecule has 4 aromatic rings. The number of rotatable bonds is 6. The zero-order valence-corrected chi connectivity index (χ0v) is 20.2. The average Bonchev–Trinajstić information content (AvgIpc) is 2.93. The molecule has 2 N–H and O–H groups in total. The highest BCUT2D eigenvalue weighted by molar-refractivity contribution is 6.05. The van der Waals surface area contributed by atoms with E-state index in [0.29, 0.717) is 23.4 Å². The van der Waals surface area contributed by atoms with Crippen LogP contribution in [0.3, 0.4) is 0 Å². The van der Waals surface area contributed by atoms with Crippen LogP contribution in [0, 0.1) is 6.92 Å². The Labute approximate surface area is 211 Å². The lowest BCUT2D eigenvalue weighted by Crippen LogP contribution is -2.31. The standard InChI is InChI=1S/C30H28N4O2/c1-21-11-13-25(17-27(21)33-30(36)24-8-3-2-4-9-24)29(35)32-19-22-12-14-28(31-18-22)34-16-15-23-7-5-6-10-26(23)20-34/h2-14,17-18H,15-16,19-20H2,1H3,(H,32,35)(H,33,36). The van der Waals surface area contributed by atoms with E-state index < -0.39 is 0 Å². The second-order valence-corrected chi connectivity index (χ2v) is 9.00. The van der Waals surface area contributed by atoms with E-state index in [2.05, 4.69) is 44.8 Å². The number of hydrogen-bond donors (Lipinski definition) is 2. The van der Waals surface area contributed by atoms with Gasteiger partial charge in [-0.25, -0.2) is 4.98 Å². The van der Waals surface area contributed by atoms with Crippen molar-refractivity contribution in [2.24, 2.45) is 0 Å². The Kier molecular flexibility index (Phi) is 6.76. The maximum Gasteiger partial charge on any atom is 0.255 e. The number of aryl methyl sites for hydroxylation is 1. The molecule has 180 valence electrons. The molecule has 6 heteroatoms. The molecule has 1 aliphatic rings. The van der Waals surface area contributed by atoms with Gasteiger partial charge in [-0.2, -0.15) is 0 Å². The largest absolute Gasteiger partial charge is 0.352 e. The third-order valence-electron chi connectivity index (χ3n) is 6.50. The van der Waals surface area contributed by atoms with E-state index in [1.807, 2.05) is 49.5 Å². The summed E-state index contributed by atoms with van der Waals surface area (Å²) in [5, 5.41) is 5.86. The monoisotopic (exact) mass is 476 g/mol. The van der Waals surface area contributed by atoms with Gasteiger partial charge in [0, 0.05) is 42.6 Å². The van der Waals surface area contributed by atoms with Crippen LogP contribution in [-0.2, 0) is 19.5 Å². The van der Waals surface area contributed by atoms with Gasteiger partial charge in [0.2, 0.25) is 0 Å². The highest BCUT2D eigenvalue weighted by Crippen LogP contribution is 2.23. The Morgan fingerprint density at radius 3 is 2.42 bits per heavy atom. The number of hydrogen-bond acceptors (Lipinski definition) is 4. The van der Waals surface area contributed by atoms with Crippen molar-refractivity contribution in [2.45, 2.75) is 26.4 Å². The second kappa shape index (κ2) is 10.4. The van der Waals surface area contributed by atoms with Crippen molar-refractivity contribution in [1.82, 2.24) is 10.3 Å². The fourth-order valence-corrected chi connectivity index (χ4v) is 4.37. The normalized spacial score (nSPS) is 12.5. The fraction of sp³-hybridized carbons (Fsp3) is 0.167. The van der Waals surface area contributed by atoms with Crippen molar-refractivity contribution < 1.29 is 9.59 Å². The number of benzene rings is 3. The van der Waals surface area contributed by atoms with Crippen LogP contribution in [0.4, 0.5) is 11.5 Å². The molecule has 0 aliphatic carbocycles. The first kappa shape index (κ1) is 23.3. The number of amides is 2. The van der Waals surface area contributed by atoms with Gasteiger partial charge in [-0.15, -0.1) is 0 Å². The molecule has 0 saturated heterocycles. The van der Waals surface area contributed by atoms with Gasteiger partial charge in [-0.3, -0.25) is 9.59 Å². The molecule has 3 aromatic carbocycles. The van der Waals surface area contributed by atoms with Crippen molar-refractivity contribution in [1.29, 1.82) is 0 Å². The van der Waals surface area contributed by atoms with E-state index in [0.717, 1.165) is 36.5 Å². The van der Waals surface area contributed by atoms with Gasteiger partial charge < -0.3 is 15.5 Å². The molecule has 1 aromatic heterocycles. The first-order chi connectivity index (χ1) is 17.6. The number of pyridine rings is 1. The summed E-state index contributed by atoms with van der Waals surface area (Å²) in [7, 11) is 0. The third kappa shape index (κ3) is 5.28. The summed E-state index contributed by atoms with van der Waals surface area (Å²) in [5.74, 6) is 0.526. The topological polar surface area (TPSA) is 74.3 Å². The maximum atomic E-state index is 12.8. The van der Waals surface area contributed by atoms with Crippen LogP contribution >= 0.6 is 0 Å². The predicted molar refractivity (Wildman–Crippen MR) is 142 cm³/mol. The van der Waals surface area contributed by atoms with Gasteiger partial charge in [0.1, 0.15) is 5.82 Å². The number of carbonyl (C=O) groups is 2. The average molecular weight is 477 g/mol. The molecule has 0 bridgehead atoms. The Bertz CT molecular complexity index is 1380. The molecule has 0 atom stereocenters. The molecule has 1 aliphatic heterocycles. The maximum absolute atomic E-state index is 12.8. The molecular formula is C30H28N4O2. The van der Waals surface area contributed by atoms with E-state index in [1.54, 1.807) is 24.3 Å². The SMILES string of the molecule is Cc1ccc(C(=O)NCc2ccc(N3CCc4ccccc4C3)nc2)cc1NC(=O)c1ccccc1. The van der Waals surface area contributed by atoms with Crippen LogP contribution in [0.25, 0.3) is 0 Å². The molecule has 0 radical (unpaired) electrons. The number of nitrogens with zero attached hydrogens (tertiary/aromatic N) is 2. The molecule has 0 fully saturated rings. The van der Waals surface area contributed by atoms with Crippen LogP contribution < -0.4 is 15.5 Å². The molecule has 0 spiro atoms. The quantitative estimate of drug-likeness (QED) is 0.404. The smallest absolute Gasteiger partial charge is 0.255 e. The number of aromatic nitrogens is 1. The predicted octanol–water partition coefficient (Wildman–Crippen LogP) is 5.14. The van der Waals surface area contributed by atoms with E-state index in [-0.39, 0.29) is 11.8 Å². The Hall–Kier alpha value is -4.45. The summed E-state index contributed by atoms with van der Waals surface area (Å²) >= 11 is 0. The van der Waals surface area contributed by atoms with Crippen LogP contribution in [-0.4, -0.2) is 23.3 Å². The van der Waals surface area contributed by atoms with Crippen LogP contribution in [0.5, 0.6) is 0 Å². The van der Waals surface area contributed by atoms with E-state index in [1.165, 1.54) is 11.1 Å². The number of fused-ring (bicyclic) bond motifs is 1. The van der Waals surface area contributed by atoms with Crippen molar-refractivity contribution in [2.75, 3.05) is 16.8 Å². The first-order valence-corrected chi connectivity index (χ1v) is 12.1. The lowest BCUT2D eigenvalue weighted by atomic mass is 10.00. The van der Waals surface area contributed by atoms with Crippen molar-refractivity contribution in [3.05, 3.63) is 125 Å². The molecule has 6 nitrogen and oxygen atoms in total. The van der Waals surface area contributed by atoms with Gasteiger partial charge >= 0.3 is 0 Å². The highest BCUT2D eigenvalue weighted by Gasteiger charge is 2.17. The minimum Gasteiger partial charge on any atom is -0.352 e. The van der Waals surface area contributed by atoms with E-state index in [9.17, 15) is 9.59 Å². The third-order valence-corrected chi connectivity index (χ3v) is 6.50. The Morgan fingerprint density at radius 1 is 0.861 bits per heavy atom. The second-order valence-electron chi connectivity index (χ2n) is 9.00. The number of anilines is 2. The minimum absolute atomic E-state index is 0.207. The summed E-state index contributed by atoms with van der Waals surface area (Å²) in [6.07, 6.45) is 2.83. The van der Waals surface area contributed by atoms with Gasteiger partial charge in [-0.1, -0.05) is 54.6 Å². The summed E-state index contributed by atoms with van der Waals surface area (Å²) in [5.41, 5.74) is 6.24. The number of carbonyl (C=O) groups excluding carboxylic acids is 2. The van der Waals surface area contributed by atoms with Crippen molar-refractivity contribution in [3.8, 4) is 0 Å². The molecule has 0 saturated carbocycles. The number of nitrogens with one attached hydrogen (secondary N) is 2. The molecular weight excluding hydrogens is 448 g/mol. The van der Waals surface area contributed by atoms with Gasteiger partial charge in [0.05, 0.1) is 0 Å². The molecule has 36 heavy (non-hydrogen) atoms. The first-order valence-electron chi connectivity index (χ1n) is 12.1. The Morgan fingerprint density at radius 2 is 1.64 bits per heavy atom. The zero-order chi connectivity index (χ0) is 24.9. The van der Waals surface area contributed by atoms with E-state index in [4.69, 9.17) is 0 Å². The lowest BCUT2D eigenvalue weighted by molar-refractivity contribution is 0.0949. The summed E-state index contributed by atoms with van der Waals surface area (Å²) in [4.78, 5) is 32.3. The Balaban J connectivity index is 1.19. The van der Waals surface area contributed by atoms with Crippen LogP contribution in [0.2, 0.25) is 0 Å². The van der Waals surface area contributed by atoms with Crippen molar-refractivity contribution in [3.63, 3.8) is 0 Å². The summed E-state index contributed by atoms with van der Waals surface area (Å²) < 4.78 is 0. The fourth-order valence-electron chi connectivity index (χ4n) is 4.37. The minimum atomic E-state index is -0.209. The lowest BCUT2D eigenvalue weighted by Gasteiger charge is -2.29. The molecule has 5 rings (SSSR count). The van der Waals surface area contributed by atoms with Gasteiger partial charge in [-0.05, 0) is 65.9 Å². The van der Waals surface area contributed by atoms with Crippen LogP contribution in [0.1, 0.15) is 43.0 Å². The molecule has 2 amide bonds. The van der Waals surface area contributed by atoms with E-state index >= 15 is 0 Å². The summed E-state index contributed by atoms with van der Waals surface area (Å²) in [6, 6.07) is 26.9. The molecule has 2 heterocycles. The van der Waals surface area contributed by atoms with Gasteiger partial charge in [0.15, 0.2) is 0 Å². The zero-order valence-electron chi connectivity index (χ0n) is 20.2. The molecule has 0 unspecified atom stereocenters. The van der Waals surface area contributed by atoms with Gasteiger partial charge in [0.25, 0.3) is 11.8 Å². The van der Waals surface area contributed by atoms with Crippen LogP contribution in [0.15, 0.2) is 91.1 Å². The highest BCUT2D eigenvalue weighted by atomic mass is 16.2. The van der Waals surface area contributed by atoms with Crippen molar-refractivity contribution >= 4 is 23.3 Å².